The van der Waals surface area contributed by atoms with Crippen molar-refractivity contribution in [1.82, 2.24) is 14.8 Å². The topological polar surface area (TPSA) is 103 Å². The van der Waals surface area contributed by atoms with Crippen molar-refractivity contribution in [2.75, 3.05) is 11.6 Å². The van der Waals surface area contributed by atoms with Crippen molar-refractivity contribution >= 4 is 21.7 Å². The Kier molecular flexibility index (Phi) is 6.04. The molecule has 0 aliphatic carbocycles. The van der Waals surface area contributed by atoms with Crippen molar-refractivity contribution in [2.45, 2.75) is 20.1 Å². The second-order valence-electron chi connectivity index (χ2n) is 6.45. The predicted molar refractivity (Wildman–Crippen MR) is 104 cm³/mol. The van der Waals surface area contributed by atoms with E-state index in [1.165, 1.54) is 30.1 Å². The molecule has 2 aromatic carbocycles. The van der Waals surface area contributed by atoms with Crippen LogP contribution in [-0.2, 0) is 27.5 Å². The van der Waals surface area contributed by atoms with Crippen LogP contribution in [0.25, 0.3) is 0 Å². The first kappa shape index (κ1) is 20.6. The second-order valence-corrected chi connectivity index (χ2v) is 8.09. The van der Waals surface area contributed by atoms with Crippen molar-refractivity contribution in [1.29, 1.82) is 0 Å². The number of nitrogens with zero attached hydrogens (tertiary/aromatic N) is 3. The molecule has 0 saturated heterocycles. The van der Waals surface area contributed by atoms with Gasteiger partial charge in [-0.25, -0.2) is 14.1 Å². The number of halogens is 1. The van der Waals surface area contributed by atoms with E-state index in [2.05, 4.69) is 15.4 Å². The Morgan fingerprint density at radius 1 is 1.21 bits per heavy atom. The Morgan fingerprint density at radius 3 is 2.62 bits per heavy atom. The Hall–Kier alpha value is -3.11. The Balaban J connectivity index is 1.74. The zero-order valence-electron chi connectivity index (χ0n) is 15.8. The van der Waals surface area contributed by atoms with Crippen LogP contribution in [0.15, 0.2) is 48.8 Å². The molecule has 152 valence electrons. The van der Waals surface area contributed by atoms with Gasteiger partial charge in [-0.2, -0.15) is 8.42 Å². The van der Waals surface area contributed by atoms with E-state index in [9.17, 15) is 17.6 Å². The number of rotatable bonds is 7. The van der Waals surface area contributed by atoms with Crippen LogP contribution < -0.4 is 5.32 Å². The van der Waals surface area contributed by atoms with E-state index in [1.54, 1.807) is 0 Å². The maximum Gasteiger partial charge on any atom is 0.295 e. The van der Waals surface area contributed by atoms with Gasteiger partial charge in [0.1, 0.15) is 12.1 Å². The fourth-order valence-electron chi connectivity index (χ4n) is 2.62. The first-order valence-electron chi connectivity index (χ1n) is 8.59. The van der Waals surface area contributed by atoms with E-state index in [0.29, 0.717) is 12.1 Å². The number of nitrogens with one attached hydrogen (secondary N) is 1. The van der Waals surface area contributed by atoms with Crippen molar-refractivity contribution < 1.29 is 21.8 Å². The standard InChI is InChI=1S/C19H19FN4O4S/c1-13-8-15(11-28-29(2,26)27)9-16(17(13)20)22-19(25)18-21-12-24(23-18)10-14-6-4-3-5-7-14/h3-9,12H,10-11H2,1-2H3,(H,22,25). The Morgan fingerprint density at radius 2 is 1.93 bits per heavy atom. The lowest BCUT2D eigenvalue weighted by Gasteiger charge is -2.10. The van der Waals surface area contributed by atoms with Crippen LogP contribution in [0.4, 0.5) is 10.1 Å². The molecule has 8 nitrogen and oxygen atoms in total. The Labute approximate surface area is 167 Å². The maximum atomic E-state index is 14.4. The number of amides is 1. The highest BCUT2D eigenvalue weighted by molar-refractivity contribution is 7.85. The number of carbonyl (C=O) groups is 1. The van der Waals surface area contributed by atoms with Crippen LogP contribution in [0.1, 0.15) is 27.3 Å². The van der Waals surface area contributed by atoms with Crippen LogP contribution >= 0.6 is 0 Å². The molecule has 0 radical (unpaired) electrons. The first-order chi connectivity index (χ1) is 13.7. The molecule has 0 aliphatic rings. The highest BCUT2D eigenvalue weighted by Crippen LogP contribution is 2.22. The third kappa shape index (κ3) is 5.69. The van der Waals surface area contributed by atoms with Gasteiger partial charge in [0.2, 0.25) is 5.82 Å². The number of anilines is 1. The molecular weight excluding hydrogens is 399 g/mol. The average molecular weight is 418 g/mol. The van der Waals surface area contributed by atoms with Gasteiger partial charge < -0.3 is 5.32 Å². The number of aryl methyl sites for hydroxylation is 1. The minimum absolute atomic E-state index is 0.110. The normalized spacial score (nSPS) is 11.4. The summed E-state index contributed by atoms with van der Waals surface area (Å²) in [6, 6.07) is 12.3. The highest BCUT2D eigenvalue weighted by Gasteiger charge is 2.16. The molecule has 3 rings (SSSR count). The summed E-state index contributed by atoms with van der Waals surface area (Å²) in [6.07, 6.45) is 2.34. The third-order valence-corrected chi connectivity index (χ3v) is 4.48. The fourth-order valence-corrected chi connectivity index (χ4v) is 2.97. The van der Waals surface area contributed by atoms with E-state index >= 15 is 0 Å². The van der Waals surface area contributed by atoms with E-state index in [4.69, 9.17) is 4.18 Å². The average Bonchev–Trinajstić information content (AvgIpc) is 3.13. The monoisotopic (exact) mass is 418 g/mol. The molecule has 3 aromatic rings. The Bertz CT molecular complexity index is 1130. The number of benzene rings is 2. The molecule has 0 bridgehead atoms. The largest absolute Gasteiger partial charge is 0.317 e. The summed E-state index contributed by atoms with van der Waals surface area (Å²) in [6.45, 7) is 1.67. The van der Waals surface area contributed by atoms with Crippen LogP contribution in [0.2, 0.25) is 0 Å². The number of hydrogen-bond acceptors (Lipinski definition) is 6. The molecule has 10 heteroatoms. The van der Waals surface area contributed by atoms with E-state index in [1.807, 2.05) is 30.3 Å². The summed E-state index contributed by atoms with van der Waals surface area (Å²) in [5, 5.41) is 6.54. The van der Waals surface area contributed by atoms with Crippen LogP contribution in [0.5, 0.6) is 0 Å². The molecule has 0 unspecified atom stereocenters. The second kappa shape index (κ2) is 8.50. The molecule has 29 heavy (non-hydrogen) atoms. The molecule has 0 saturated carbocycles. The number of aromatic nitrogens is 3. The SMILES string of the molecule is Cc1cc(COS(C)(=O)=O)cc(NC(=O)c2ncn(Cc3ccccc3)n2)c1F. The molecule has 1 heterocycles. The van der Waals surface area contributed by atoms with Crippen LogP contribution in [-0.4, -0.2) is 35.3 Å². The predicted octanol–water partition coefficient (Wildman–Crippen LogP) is 2.50. The zero-order chi connectivity index (χ0) is 21.0. The number of carbonyl (C=O) groups excluding carboxylic acids is 1. The third-order valence-electron chi connectivity index (χ3n) is 3.93. The van der Waals surface area contributed by atoms with Gasteiger partial charge in [0.25, 0.3) is 16.0 Å². The molecule has 1 aromatic heterocycles. The summed E-state index contributed by atoms with van der Waals surface area (Å²) in [4.78, 5) is 16.4. The summed E-state index contributed by atoms with van der Waals surface area (Å²) >= 11 is 0. The lowest BCUT2D eigenvalue weighted by molar-refractivity contribution is 0.101. The van der Waals surface area contributed by atoms with Gasteiger partial charge in [0.15, 0.2) is 0 Å². The van der Waals surface area contributed by atoms with Crippen LogP contribution in [0.3, 0.4) is 0 Å². The van der Waals surface area contributed by atoms with Crippen molar-refractivity contribution in [3.8, 4) is 0 Å². The van der Waals surface area contributed by atoms with Gasteiger partial charge >= 0.3 is 0 Å². The number of hydrogen-bond donors (Lipinski definition) is 1. The van der Waals surface area contributed by atoms with Gasteiger partial charge in [-0.1, -0.05) is 36.4 Å². The van der Waals surface area contributed by atoms with Crippen molar-refractivity contribution in [3.63, 3.8) is 0 Å². The maximum absolute atomic E-state index is 14.4. The lowest BCUT2D eigenvalue weighted by Crippen LogP contribution is -2.16. The van der Waals surface area contributed by atoms with E-state index in [0.717, 1.165) is 11.8 Å². The molecular formula is C19H19FN4O4S. The minimum atomic E-state index is -3.65. The van der Waals surface area contributed by atoms with Gasteiger partial charge in [0.05, 0.1) is 25.1 Å². The van der Waals surface area contributed by atoms with Crippen LogP contribution in [0, 0.1) is 12.7 Å². The van der Waals surface area contributed by atoms with Gasteiger partial charge in [-0.05, 0) is 29.7 Å². The fraction of sp³-hybridized carbons (Fsp3) is 0.211. The van der Waals surface area contributed by atoms with E-state index in [-0.39, 0.29) is 23.7 Å². The first-order valence-corrected chi connectivity index (χ1v) is 10.4. The highest BCUT2D eigenvalue weighted by atomic mass is 32.2. The van der Waals surface area contributed by atoms with E-state index < -0.39 is 21.8 Å². The smallest absolute Gasteiger partial charge is 0.295 e. The van der Waals surface area contributed by atoms with Crippen molar-refractivity contribution in [2.24, 2.45) is 0 Å². The van der Waals surface area contributed by atoms with Gasteiger partial charge in [-0.15, -0.1) is 5.10 Å². The summed E-state index contributed by atoms with van der Waals surface area (Å²) < 4.78 is 42.9. The zero-order valence-corrected chi connectivity index (χ0v) is 16.6. The minimum Gasteiger partial charge on any atom is -0.317 e. The molecule has 0 fully saturated rings. The molecule has 1 N–H and O–H groups in total. The molecule has 1 amide bonds. The quantitative estimate of drug-likeness (QED) is 0.592. The molecule has 0 aliphatic heterocycles. The molecule has 0 spiro atoms. The lowest BCUT2D eigenvalue weighted by atomic mass is 10.1. The van der Waals surface area contributed by atoms with Gasteiger partial charge in [-0.3, -0.25) is 8.98 Å². The summed E-state index contributed by atoms with van der Waals surface area (Å²) in [5.74, 6) is -1.43. The summed E-state index contributed by atoms with van der Waals surface area (Å²) in [7, 11) is -3.65. The van der Waals surface area contributed by atoms with Crippen molar-refractivity contribution in [3.05, 3.63) is 77.1 Å². The van der Waals surface area contributed by atoms with Gasteiger partial charge in [0, 0.05) is 0 Å². The molecule has 0 atom stereocenters. The summed E-state index contributed by atoms with van der Waals surface area (Å²) in [5.41, 5.74) is 1.51.